The van der Waals surface area contributed by atoms with E-state index < -0.39 is 17.3 Å². The number of rotatable bonds is 5. The number of ether oxygens (including phenoxy) is 1. The van der Waals surface area contributed by atoms with Crippen LogP contribution < -0.4 is 4.74 Å². The van der Waals surface area contributed by atoms with Gasteiger partial charge in [0.15, 0.2) is 4.90 Å². The summed E-state index contributed by atoms with van der Waals surface area (Å²) in [4.78, 5) is 14.0. The van der Waals surface area contributed by atoms with Crippen molar-refractivity contribution in [2.45, 2.75) is 11.8 Å². The first-order valence-electron chi connectivity index (χ1n) is 6.88. The van der Waals surface area contributed by atoms with Gasteiger partial charge in [-0.1, -0.05) is 0 Å². The first-order chi connectivity index (χ1) is 10.0. The number of benzene rings is 1. The molecule has 2 rings (SSSR count). The minimum absolute atomic E-state index is 0.0526. The van der Waals surface area contributed by atoms with E-state index in [1.807, 2.05) is 11.4 Å². The summed E-state index contributed by atoms with van der Waals surface area (Å²) in [5.41, 5.74) is 0.0526. The summed E-state index contributed by atoms with van der Waals surface area (Å²) in [5, 5.41) is 9.24. The Morgan fingerprint density at radius 1 is 1.38 bits per heavy atom. The molecule has 1 saturated heterocycles. The Morgan fingerprint density at radius 2 is 2.05 bits per heavy atom. The molecule has 0 spiro atoms. The molecule has 1 aromatic carbocycles. The normalized spacial score (nSPS) is 18.4. The van der Waals surface area contributed by atoms with E-state index in [9.17, 15) is 14.5 Å². The SMILES string of the molecule is CCOc1ccc([S+]([O-])N2CCN(C)CC2)cc1C(=O)O. The molecule has 0 saturated carbocycles. The summed E-state index contributed by atoms with van der Waals surface area (Å²) in [5.74, 6) is -0.764. The standard InChI is InChI=1S/C14H20N2O4S/c1-3-20-13-5-4-11(10-12(13)14(17)18)21(19)16-8-6-15(2)7-9-16/h4-5,10H,3,6-9H2,1-2H3,(H,17,18). The molecule has 1 heterocycles. The molecule has 1 aromatic rings. The summed E-state index contributed by atoms with van der Waals surface area (Å²) in [6, 6.07) is 4.70. The van der Waals surface area contributed by atoms with Gasteiger partial charge >= 0.3 is 5.97 Å². The minimum Gasteiger partial charge on any atom is -0.593 e. The Bertz CT molecular complexity index is 504. The van der Waals surface area contributed by atoms with Crippen molar-refractivity contribution in [2.75, 3.05) is 39.8 Å². The molecule has 1 fully saturated rings. The van der Waals surface area contributed by atoms with Crippen LogP contribution in [-0.2, 0) is 11.4 Å². The molecule has 1 atom stereocenters. The van der Waals surface area contributed by atoms with Crippen LogP contribution in [0.4, 0.5) is 0 Å². The number of likely N-dealkylation sites (N-methyl/N-ethyl adjacent to an activating group) is 1. The van der Waals surface area contributed by atoms with Gasteiger partial charge < -0.3 is 19.3 Å². The highest BCUT2D eigenvalue weighted by molar-refractivity contribution is 7.89. The molecule has 1 N–H and O–H groups in total. The number of carboxylic acids is 1. The highest BCUT2D eigenvalue weighted by atomic mass is 32.2. The Hall–Kier alpha value is -1.28. The number of carboxylic acid groups (broad SMARTS) is 1. The second-order valence-corrected chi connectivity index (χ2v) is 6.36. The maximum absolute atomic E-state index is 12.5. The second kappa shape index (κ2) is 7.13. The smallest absolute Gasteiger partial charge is 0.339 e. The topological polar surface area (TPSA) is 76.1 Å². The minimum atomic E-state index is -1.34. The van der Waals surface area contributed by atoms with Gasteiger partial charge in [-0.15, -0.1) is 4.31 Å². The molecule has 1 unspecified atom stereocenters. The lowest BCUT2D eigenvalue weighted by atomic mass is 10.2. The van der Waals surface area contributed by atoms with Gasteiger partial charge in [-0.3, -0.25) is 0 Å². The van der Waals surface area contributed by atoms with Crippen molar-refractivity contribution in [3.05, 3.63) is 23.8 Å². The molecule has 0 aliphatic carbocycles. The molecular weight excluding hydrogens is 292 g/mol. The molecule has 0 aromatic heterocycles. The highest BCUT2D eigenvalue weighted by Gasteiger charge is 2.27. The van der Waals surface area contributed by atoms with Crippen molar-refractivity contribution in [3.8, 4) is 5.75 Å². The van der Waals surface area contributed by atoms with Gasteiger partial charge in [0.2, 0.25) is 0 Å². The van der Waals surface area contributed by atoms with E-state index in [1.54, 1.807) is 19.1 Å². The first-order valence-corrected chi connectivity index (χ1v) is 7.99. The fourth-order valence-corrected chi connectivity index (χ4v) is 3.37. The first kappa shape index (κ1) is 16.1. The zero-order valence-corrected chi connectivity index (χ0v) is 13.1. The highest BCUT2D eigenvalue weighted by Crippen LogP contribution is 2.25. The van der Waals surface area contributed by atoms with Gasteiger partial charge in [0, 0.05) is 19.2 Å². The number of hydrogen-bond acceptors (Lipinski definition) is 5. The van der Waals surface area contributed by atoms with Crippen LogP contribution in [0.25, 0.3) is 0 Å². The molecule has 1 aliphatic rings. The summed E-state index contributed by atoms with van der Waals surface area (Å²) in [7, 11) is 2.03. The summed E-state index contributed by atoms with van der Waals surface area (Å²) < 4.78 is 19.7. The molecule has 0 radical (unpaired) electrons. The zero-order chi connectivity index (χ0) is 15.4. The van der Waals surface area contributed by atoms with E-state index in [2.05, 4.69) is 4.90 Å². The Labute approximate surface area is 127 Å². The molecule has 6 nitrogen and oxygen atoms in total. The Kier molecular flexibility index (Phi) is 5.46. The van der Waals surface area contributed by atoms with Crippen LogP contribution in [0, 0.1) is 0 Å². The maximum Gasteiger partial charge on any atom is 0.339 e. The van der Waals surface area contributed by atoms with E-state index in [-0.39, 0.29) is 5.56 Å². The van der Waals surface area contributed by atoms with Crippen molar-refractivity contribution in [1.82, 2.24) is 9.21 Å². The van der Waals surface area contributed by atoms with Crippen LogP contribution in [-0.4, -0.2) is 64.7 Å². The van der Waals surface area contributed by atoms with Gasteiger partial charge in [0.1, 0.15) is 11.3 Å². The largest absolute Gasteiger partial charge is 0.593 e. The van der Waals surface area contributed by atoms with Crippen LogP contribution in [0.2, 0.25) is 0 Å². The second-order valence-electron chi connectivity index (χ2n) is 4.88. The van der Waals surface area contributed by atoms with E-state index in [0.717, 1.165) is 13.1 Å². The Balaban J connectivity index is 2.19. The van der Waals surface area contributed by atoms with Crippen LogP contribution in [0.1, 0.15) is 17.3 Å². The lowest BCUT2D eigenvalue weighted by Gasteiger charge is -2.32. The molecule has 1 aliphatic heterocycles. The van der Waals surface area contributed by atoms with Crippen LogP contribution in [0.5, 0.6) is 5.75 Å². The predicted octanol–water partition coefficient (Wildman–Crippen LogP) is 1.05. The van der Waals surface area contributed by atoms with Crippen molar-refractivity contribution in [1.29, 1.82) is 0 Å². The average molecular weight is 312 g/mol. The van der Waals surface area contributed by atoms with E-state index in [4.69, 9.17) is 4.74 Å². The van der Waals surface area contributed by atoms with E-state index >= 15 is 0 Å². The lowest BCUT2D eigenvalue weighted by molar-refractivity contribution is 0.0692. The average Bonchev–Trinajstić information content (AvgIpc) is 2.48. The maximum atomic E-state index is 12.5. The van der Waals surface area contributed by atoms with E-state index in [0.29, 0.717) is 30.3 Å². The Morgan fingerprint density at radius 3 is 2.62 bits per heavy atom. The molecule has 21 heavy (non-hydrogen) atoms. The van der Waals surface area contributed by atoms with Crippen LogP contribution in [0.15, 0.2) is 23.1 Å². The van der Waals surface area contributed by atoms with Crippen molar-refractivity contribution < 1.29 is 19.2 Å². The van der Waals surface area contributed by atoms with Crippen molar-refractivity contribution in [2.24, 2.45) is 0 Å². The van der Waals surface area contributed by atoms with Gasteiger partial charge in [0.05, 0.1) is 31.1 Å². The predicted molar refractivity (Wildman–Crippen MR) is 80.0 cm³/mol. The van der Waals surface area contributed by atoms with Gasteiger partial charge in [-0.2, -0.15) is 0 Å². The molecular formula is C14H20N2O4S. The van der Waals surface area contributed by atoms with Crippen LogP contribution >= 0.6 is 0 Å². The molecule has 0 bridgehead atoms. The summed E-state index contributed by atoms with van der Waals surface area (Å²) in [6.45, 7) is 5.31. The molecule has 0 amide bonds. The van der Waals surface area contributed by atoms with Crippen molar-refractivity contribution >= 4 is 17.3 Å². The number of carbonyl (C=O) groups is 1. The summed E-state index contributed by atoms with van der Waals surface area (Å²) in [6.07, 6.45) is 0. The third kappa shape index (κ3) is 3.88. The lowest BCUT2D eigenvalue weighted by Crippen LogP contribution is -2.47. The van der Waals surface area contributed by atoms with Gasteiger partial charge in [0.25, 0.3) is 0 Å². The fraction of sp³-hybridized carbons (Fsp3) is 0.500. The van der Waals surface area contributed by atoms with Crippen molar-refractivity contribution in [3.63, 3.8) is 0 Å². The monoisotopic (exact) mass is 312 g/mol. The van der Waals surface area contributed by atoms with Gasteiger partial charge in [-0.25, -0.2) is 4.79 Å². The summed E-state index contributed by atoms with van der Waals surface area (Å²) >= 11 is -1.34. The number of nitrogens with zero attached hydrogens (tertiary/aromatic N) is 2. The number of hydrogen-bond donors (Lipinski definition) is 1. The molecule has 116 valence electrons. The third-order valence-electron chi connectivity index (χ3n) is 3.38. The number of aromatic carboxylic acids is 1. The molecule has 7 heteroatoms. The van der Waals surface area contributed by atoms with Crippen LogP contribution in [0.3, 0.4) is 0 Å². The quantitative estimate of drug-likeness (QED) is 0.819. The van der Waals surface area contributed by atoms with Gasteiger partial charge in [-0.05, 0) is 26.1 Å². The third-order valence-corrected chi connectivity index (χ3v) is 4.87. The number of piperazine rings is 1. The zero-order valence-electron chi connectivity index (χ0n) is 12.2. The van der Waals surface area contributed by atoms with E-state index in [1.165, 1.54) is 6.07 Å². The fourth-order valence-electron chi connectivity index (χ4n) is 2.17.